The summed E-state index contributed by atoms with van der Waals surface area (Å²) >= 11 is 0. The molecule has 24 heavy (non-hydrogen) atoms. The zero-order valence-electron chi connectivity index (χ0n) is 14.6. The maximum Gasteiger partial charge on any atom is 0.0990 e. The van der Waals surface area contributed by atoms with Gasteiger partial charge in [-0.1, -0.05) is 37.3 Å². The first-order valence-corrected chi connectivity index (χ1v) is 8.40. The molecule has 0 aliphatic heterocycles. The van der Waals surface area contributed by atoms with Crippen LogP contribution in [0.1, 0.15) is 25.8 Å². The number of benzene rings is 1. The standard InChI is InChI=1S/C20H28N4/c1-3-24(14-16-9-7-15(2)8-10-16)20(23)12-11-19(22)17-5-4-6-18(21)13-17/h4-7,9-13,15H,3,8,14,21-23H2,1-2H3/b19-11-,20-12+. The Morgan fingerprint density at radius 3 is 2.71 bits per heavy atom. The number of hydrogen-bond acceptors (Lipinski definition) is 4. The Balaban J connectivity index is 2.07. The lowest BCUT2D eigenvalue weighted by atomic mass is 9.98. The second-order valence-corrected chi connectivity index (χ2v) is 6.20. The van der Waals surface area contributed by atoms with Crippen LogP contribution in [0.4, 0.5) is 5.69 Å². The summed E-state index contributed by atoms with van der Waals surface area (Å²) in [6.45, 7) is 5.98. The van der Waals surface area contributed by atoms with E-state index in [1.165, 1.54) is 5.57 Å². The van der Waals surface area contributed by atoms with Crippen molar-refractivity contribution in [1.82, 2.24) is 4.90 Å². The van der Waals surface area contributed by atoms with Crippen molar-refractivity contribution >= 4 is 11.4 Å². The van der Waals surface area contributed by atoms with Crippen LogP contribution in [0.2, 0.25) is 0 Å². The molecule has 1 aromatic rings. The number of hydrogen-bond donors (Lipinski definition) is 3. The molecular formula is C20H28N4. The van der Waals surface area contributed by atoms with Gasteiger partial charge in [-0.2, -0.15) is 0 Å². The quantitative estimate of drug-likeness (QED) is 0.554. The fourth-order valence-corrected chi connectivity index (χ4v) is 2.59. The molecule has 4 nitrogen and oxygen atoms in total. The Hall–Kier alpha value is -2.62. The molecule has 0 heterocycles. The molecule has 0 spiro atoms. The average molecular weight is 324 g/mol. The van der Waals surface area contributed by atoms with E-state index in [1.54, 1.807) is 0 Å². The SMILES string of the molecule is CCN(CC1=CCC(C)C=C1)/C(N)=C/C=C(\N)c1cccc(N)c1. The molecule has 1 aliphatic rings. The number of allylic oxidation sites excluding steroid dienone is 4. The zero-order chi connectivity index (χ0) is 17.5. The predicted molar refractivity (Wildman–Crippen MR) is 104 cm³/mol. The van der Waals surface area contributed by atoms with Crippen molar-refractivity contribution in [2.75, 3.05) is 18.8 Å². The Morgan fingerprint density at radius 2 is 2.08 bits per heavy atom. The first-order valence-electron chi connectivity index (χ1n) is 8.40. The monoisotopic (exact) mass is 324 g/mol. The van der Waals surface area contributed by atoms with Crippen LogP contribution in [-0.2, 0) is 0 Å². The second kappa shape index (κ2) is 8.29. The number of likely N-dealkylation sites (N-methyl/N-ethyl adjacent to an activating group) is 1. The highest BCUT2D eigenvalue weighted by Gasteiger charge is 2.09. The first-order chi connectivity index (χ1) is 11.5. The number of nitrogens with two attached hydrogens (primary N) is 3. The summed E-state index contributed by atoms with van der Waals surface area (Å²) in [5.41, 5.74) is 21.7. The molecule has 2 rings (SSSR count). The van der Waals surface area contributed by atoms with Gasteiger partial charge in [0.2, 0.25) is 0 Å². The second-order valence-electron chi connectivity index (χ2n) is 6.20. The summed E-state index contributed by atoms with van der Waals surface area (Å²) in [6, 6.07) is 7.51. The first kappa shape index (κ1) is 17.7. The van der Waals surface area contributed by atoms with E-state index in [0.29, 0.717) is 23.1 Å². The van der Waals surface area contributed by atoms with Crippen LogP contribution >= 0.6 is 0 Å². The molecule has 0 saturated carbocycles. The summed E-state index contributed by atoms with van der Waals surface area (Å²) < 4.78 is 0. The lowest BCUT2D eigenvalue weighted by molar-refractivity contribution is 0.389. The summed E-state index contributed by atoms with van der Waals surface area (Å²) in [4.78, 5) is 2.13. The number of anilines is 1. The van der Waals surface area contributed by atoms with E-state index in [1.807, 2.05) is 36.4 Å². The molecule has 0 amide bonds. The Kier molecular flexibility index (Phi) is 6.13. The minimum Gasteiger partial charge on any atom is -0.399 e. The number of rotatable bonds is 6. The topological polar surface area (TPSA) is 81.3 Å². The molecule has 0 fully saturated rings. The summed E-state index contributed by atoms with van der Waals surface area (Å²) in [6.07, 6.45) is 11.5. The number of nitrogens with zero attached hydrogens (tertiary/aromatic N) is 1. The fourth-order valence-electron chi connectivity index (χ4n) is 2.59. The Morgan fingerprint density at radius 1 is 1.29 bits per heavy atom. The molecule has 1 aromatic carbocycles. The van der Waals surface area contributed by atoms with Crippen molar-refractivity contribution in [2.24, 2.45) is 17.4 Å². The van der Waals surface area contributed by atoms with Gasteiger partial charge < -0.3 is 22.1 Å². The normalized spacial score (nSPS) is 18.4. The fraction of sp³-hybridized carbons (Fsp3) is 0.300. The van der Waals surface area contributed by atoms with Gasteiger partial charge in [0.1, 0.15) is 0 Å². The highest BCUT2D eigenvalue weighted by molar-refractivity contribution is 5.67. The van der Waals surface area contributed by atoms with Gasteiger partial charge in [-0.05, 0) is 54.7 Å². The predicted octanol–water partition coefficient (Wildman–Crippen LogP) is 3.21. The summed E-state index contributed by atoms with van der Waals surface area (Å²) in [7, 11) is 0. The molecule has 1 atom stereocenters. The third kappa shape index (κ3) is 4.95. The molecular weight excluding hydrogens is 296 g/mol. The minimum absolute atomic E-state index is 0.623. The maximum absolute atomic E-state index is 6.24. The van der Waals surface area contributed by atoms with Crippen molar-refractivity contribution in [3.05, 3.63) is 71.6 Å². The number of nitrogen functional groups attached to an aromatic ring is 1. The van der Waals surface area contributed by atoms with Crippen LogP contribution < -0.4 is 17.2 Å². The van der Waals surface area contributed by atoms with Gasteiger partial charge in [-0.25, -0.2) is 0 Å². The highest BCUT2D eigenvalue weighted by Crippen LogP contribution is 2.17. The van der Waals surface area contributed by atoms with Crippen molar-refractivity contribution in [3.8, 4) is 0 Å². The smallest absolute Gasteiger partial charge is 0.0990 e. The van der Waals surface area contributed by atoms with E-state index in [2.05, 4.69) is 37.0 Å². The van der Waals surface area contributed by atoms with Gasteiger partial charge in [0.25, 0.3) is 0 Å². The van der Waals surface area contributed by atoms with Gasteiger partial charge >= 0.3 is 0 Å². The largest absolute Gasteiger partial charge is 0.399 e. The molecule has 4 heteroatoms. The van der Waals surface area contributed by atoms with Crippen LogP contribution in [0, 0.1) is 5.92 Å². The van der Waals surface area contributed by atoms with E-state index < -0.39 is 0 Å². The van der Waals surface area contributed by atoms with Crippen molar-refractivity contribution in [3.63, 3.8) is 0 Å². The molecule has 0 bridgehead atoms. The molecule has 1 unspecified atom stereocenters. The van der Waals surface area contributed by atoms with E-state index in [0.717, 1.165) is 25.1 Å². The molecule has 0 radical (unpaired) electrons. The highest BCUT2D eigenvalue weighted by atomic mass is 15.2. The molecule has 0 saturated heterocycles. The van der Waals surface area contributed by atoms with Crippen LogP contribution in [-0.4, -0.2) is 18.0 Å². The third-order valence-electron chi connectivity index (χ3n) is 4.16. The molecule has 128 valence electrons. The summed E-state index contributed by atoms with van der Waals surface area (Å²) in [5.74, 6) is 1.33. The minimum atomic E-state index is 0.623. The van der Waals surface area contributed by atoms with Crippen LogP contribution in [0.25, 0.3) is 5.70 Å². The van der Waals surface area contributed by atoms with Gasteiger partial charge in [-0.15, -0.1) is 0 Å². The van der Waals surface area contributed by atoms with Gasteiger partial charge in [0.05, 0.1) is 5.82 Å². The van der Waals surface area contributed by atoms with Gasteiger partial charge in [0, 0.05) is 24.5 Å². The van der Waals surface area contributed by atoms with Crippen LogP contribution in [0.3, 0.4) is 0 Å². The zero-order valence-corrected chi connectivity index (χ0v) is 14.6. The summed E-state index contributed by atoms with van der Waals surface area (Å²) in [5, 5.41) is 0. The van der Waals surface area contributed by atoms with E-state index in [9.17, 15) is 0 Å². The van der Waals surface area contributed by atoms with Crippen molar-refractivity contribution in [2.45, 2.75) is 20.3 Å². The van der Waals surface area contributed by atoms with E-state index in [4.69, 9.17) is 17.2 Å². The van der Waals surface area contributed by atoms with Gasteiger partial charge in [-0.3, -0.25) is 0 Å². The average Bonchev–Trinajstić information content (AvgIpc) is 2.58. The lowest BCUT2D eigenvalue weighted by Crippen LogP contribution is -2.29. The Bertz CT molecular complexity index is 683. The maximum atomic E-state index is 6.24. The molecule has 1 aliphatic carbocycles. The van der Waals surface area contributed by atoms with Crippen LogP contribution in [0.15, 0.2) is 66.0 Å². The van der Waals surface area contributed by atoms with E-state index in [-0.39, 0.29) is 0 Å². The van der Waals surface area contributed by atoms with Crippen LogP contribution in [0.5, 0.6) is 0 Å². The molecule has 0 aromatic heterocycles. The lowest BCUT2D eigenvalue weighted by Gasteiger charge is -2.25. The molecule has 6 N–H and O–H groups in total. The van der Waals surface area contributed by atoms with Crippen molar-refractivity contribution in [1.29, 1.82) is 0 Å². The van der Waals surface area contributed by atoms with Crippen molar-refractivity contribution < 1.29 is 0 Å². The van der Waals surface area contributed by atoms with E-state index >= 15 is 0 Å². The third-order valence-corrected chi connectivity index (χ3v) is 4.16. The van der Waals surface area contributed by atoms with Gasteiger partial charge in [0.15, 0.2) is 0 Å². The Labute approximate surface area is 145 Å².